The lowest BCUT2D eigenvalue weighted by Gasteiger charge is -2.29. The molecule has 1 aliphatic rings. The van der Waals surface area contributed by atoms with Gasteiger partial charge in [0.2, 0.25) is 0 Å². The van der Waals surface area contributed by atoms with Crippen molar-refractivity contribution in [1.82, 2.24) is 15.0 Å². The average Bonchev–Trinajstić information content (AvgIpc) is 3.11. The first-order chi connectivity index (χ1) is 13.1. The van der Waals surface area contributed by atoms with E-state index in [-0.39, 0.29) is 11.6 Å². The summed E-state index contributed by atoms with van der Waals surface area (Å²) in [5, 5.41) is 6.33. The van der Waals surface area contributed by atoms with Gasteiger partial charge in [0.05, 0.1) is 0 Å². The number of benzene rings is 1. The zero-order valence-corrected chi connectivity index (χ0v) is 14.8. The molecule has 2 amide bonds. The maximum atomic E-state index is 12.9. The molecular formula is C20H18N4O3. The van der Waals surface area contributed by atoms with Gasteiger partial charge in [-0.25, -0.2) is 0 Å². The van der Waals surface area contributed by atoms with Crippen LogP contribution in [0.1, 0.15) is 37.7 Å². The molecule has 1 N–H and O–H groups in total. The van der Waals surface area contributed by atoms with E-state index in [9.17, 15) is 9.59 Å². The highest BCUT2D eigenvalue weighted by Crippen LogP contribution is 2.20. The predicted octanol–water partition coefficient (Wildman–Crippen LogP) is 2.83. The topological polar surface area (TPSA) is 88.3 Å². The Balaban J connectivity index is 1.50. The van der Waals surface area contributed by atoms with Crippen molar-refractivity contribution in [3.63, 3.8) is 0 Å². The molecule has 0 bridgehead atoms. The van der Waals surface area contributed by atoms with Gasteiger partial charge in [0.15, 0.2) is 5.82 Å². The maximum Gasteiger partial charge on any atom is 0.275 e. The summed E-state index contributed by atoms with van der Waals surface area (Å²) in [4.78, 5) is 31.1. The van der Waals surface area contributed by atoms with E-state index < -0.39 is 5.91 Å². The molecule has 4 rings (SSSR count). The molecule has 1 aromatic carbocycles. The van der Waals surface area contributed by atoms with Crippen molar-refractivity contribution in [3.8, 4) is 0 Å². The van der Waals surface area contributed by atoms with Crippen LogP contribution in [-0.2, 0) is 13.0 Å². The zero-order chi connectivity index (χ0) is 18.8. The van der Waals surface area contributed by atoms with Gasteiger partial charge in [0, 0.05) is 30.9 Å². The normalized spacial score (nSPS) is 13.1. The van der Waals surface area contributed by atoms with E-state index in [0.717, 1.165) is 12.0 Å². The van der Waals surface area contributed by atoms with Gasteiger partial charge < -0.3 is 14.7 Å². The number of nitrogens with one attached hydrogen (secondary N) is 1. The van der Waals surface area contributed by atoms with E-state index in [4.69, 9.17) is 4.52 Å². The van der Waals surface area contributed by atoms with Crippen molar-refractivity contribution in [2.45, 2.75) is 19.9 Å². The first-order valence-corrected chi connectivity index (χ1v) is 8.67. The molecule has 0 atom stereocenters. The van der Waals surface area contributed by atoms with Crippen molar-refractivity contribution >= 4 is 17.6 Å². The molecule has 136 valence electrons. The molecule has 2 aromatic heterocycles. The number of amides is 2. The van der Waals surface area contributed by atoms with Crippen LogP contribution in [-0.4, -0.2) is 33.4 Å². The van der Waals surface area contributed by atoms with Crippen LogP contribution in [0.4, 0.5) is 5.82 Å². The lowest BCUT2D eigenvalue weighted by molar-refractivity contribution is 0.0734. The zero-order valence-electron chi connectivity index (χ0n) is 14.8. The van der Waals surface area contributed by atoms with Crippen molar-refractivity contribution in [1.29, 1.82) is 0 Å². The van der Waals surface area contributed by atoms with E-state index >= 15 is 0 Å². The fraction of sp³-hybridized carbons (Fsp3) is 0.200. The molecule has 0 saturated heterocycles. The summed E-state index contributed by atoms with van der Waals surface area (Å²) in [6, 6.07) is 12.9. The maximum absolute atomic E-state index is 12.9. The predicted molar refractivity (Wildman–Crippen MR) is 98.3 cm³/mol. The molecule has 0 saturated carbocycles. The van der Waals surface area contributed by atoms with Crippen LogP contribution in [0.15, 0.2) is 53.2 Å². The van der Waals surface area contributed by atoms with Crippen LogP contribution < -0.4 is 5.32 Å². The molecule has 27 heavy (non-hydrogen) atoms. The molecule has 0 fully saturated rings. The SMILES string of the molecule is Cc1cc(NC(=O)c2cc(C(=O)N3CCc4ccccc4C3)ccn2)no1. The third-order valence-corrected chi connectivity index (χ3v) is 4.53. The highest BCUT2D eigenvalue weighted by molar-refractivity contribution is 6.04. The van der Waals surface area contributed by atoms with E-state index in [0.29, 0.717) is 30.2 Å². The van der Waals surface area contributed by atoms with Crippen molar-refractivity contribution < 1.29 is 14.1 Å². The molecule has 0 radical (unpaired) electrons. The van der Waals surface area contributed by atoms with Crippen molar-refractivity contribution in [2.75, 3.05) is 11.9 Å². The second-order valence-electron chi connectivity index (χ2n) is 6.45. The van der Waals surface area contributed by atoms with E-state index in [1.165, 1.54) is 17.8 Å². The summed E-state index contributed by atoms with van der Waals surface area (Å²) in [7, 11) is 0. The summed E-state index contributed by atoms with van der Waals surface area (Å²) in [6.45, 7) is 2.95. The smallest absolute Gasteiger partial charge is 0.275 e. The number of anilines is 1. The quantitative estimate of drug-likeness (QED) is 0.774. The van der Waals surface area contributed by atoms with Gasteiger partial charge in [-0.3, -0.25) is 14.6 Å². The molecule has 3 heterocycles. The van der Waals surface area contributed by atoms with Gasteiger partial charge in [-0.1, -0.05) is 29.4 Å². The summed E-state index contributed by atoms with van der Waals surface area (Å²) >= 11 is 0. The second kappa shape index (κ2) is 7.03. The minimum atomic E-state index is -0.443. The molecular weight excluding hydrogens is 344 g/mol. The molecule has 0 aliphatic carbocycles. The Bertz CT molecular complexity index is 1010. The standard InChI is InChI=1S/C20H18N4O3/c1-13-10-18(23-27-13)22-19(25)17-11-15(6-8-21-17)20(26)24-9-7-14-4-2-3-5-16(14)12-24/h2-6,8,10-11H,7,9,12H2,1H3,(H,22,23,25). The lowest BCUT2D eigenvalue weighted by atomic mass is 9.99. The highest BCUT2D eigenvalue weighted by Gasteiger charge is 2.22. The van der Waals surface area contributed by atoms with Crippen LogP contribution in [0.2, 0.25) is 0 Å². The van der Waals surface area contributed by atoms with Gasteiger partial charge >= 0.3 is 0 Å². The third kappa shape index (κ3) is 3.57. The van der Waals surface area contributed by atoms with Gasteiger partial charge in [-0.15, -0.1) is 0 Å². The molecule has 0 spiro atoms. The summed E-state index contributed by atoms with van der Waals surface area (Å²) < 4.78 is 4.93. The first-order valence-electron chi connectivity index (χ1n) is 8.67. The molecule has 7 heteroatoms. The van der Waals surface area contributed by atoms with E-state index in [2.05, 4.69) is 21.5 Å². The first kappa shape index (κ1) is 17.0. The Morgan fingerprint density at radius 2 is 1.96 bits per heavy atom. The number of fused-ring (bicyclic) bond motifs is 1. The lowest BCUT2D eigenvalue weighted by Crippen LogP contribution is -2.36. The Morgan fingerprint density at radius 3 is 2.74 bits per heavy atom. The van der Waals surface area contributed by atoms with Crippen LogP contribution in [0, 0.1) is 6.92 Å². The van der Waals surface area contributed by atoms with Crippen LogP contribution in [0.25, 0.3) is 0 Å². The molecule has 1 aliphatic heterocycles. The van der Waals surface area contributed by atoms with Crippen molar-refractivity contribution in [3.05, 3.63) is 76.8 Å². The van der Waals surface area contributed by atoms with Gasteiger partial charge in [-0.05, 0) is 36.6 Å². The monoisotopic (exact) mass is 362 g/mol. The Morgan fingerprint density at radius 1 is 1.15 bits per heavy atom. The van der Waals surface area contributed by atoms with Crippen LogP contribution in [0.5, 0.6) is 0 Å². The number of hydrogen-bond donors (Lipinski definition) is 1. The fourth-order valence-electron chi connectivity index (χ4n) is 3.15. The van der Waals surface area contributed by atoms with E-state index in [1.54, 1.807) is 24.0 Å². The molecule has 7 nitrogen and oxygen atoms in total. The highest BCUT2D eigenvalue weighted by atomic mass is 16.5. The fourth-order valence-corrected chi connectivity index (χ4v) is 3.15. The van der Waals surface area contributed by atoms with Gasteiger partial charge in [0.1, 0.15) is 11.5 Å². The molecule has 3 aromatic rings. The van der Waals surface area contributed by atoms with Gasteiger partial charge in [0.25, 0.3) is 11.8 Å². The van der Waals surface area contributed by atoms with E-state index in [1.807, 2.05) is 18.2 Å². The Labute approximate surface area is 156 Å². The second-order valence-corrected chi connectivity index (χ2v) is 6.45. The summed E-state index contributed by atoms with van der Waals surface area (Å²) in [6.07, 6.45) is 2.29. The van der Waals surface area contributed by atoms with Crippen LogP contribution in [0.3, 0.4) is 0 Å². The number of aryl methyl sites for hydroxylation is 1. The Kier molecular flexibility index (Phi) is 4.42. The minimum absolute atomic E-state index is 0.113. The number of carbonyl (C=O) groups is 2. The number of hydrogen-bond acceptors (Lipinski definition) is 5. The Hall–Kier alpha value is -3.48. The van der Waals surface area contributed by atoms with Gasteiger partial charge in [-0.2, -0.15) is 0 Å². The van der Waals surface area contributed by atoms with Crippen LogP contribution >= 0.6 is 0 Å². The minimum Gasteiger partial charge on any atom is -0.360 e. The number of nitrogens with zero attached hydrogens (tertiary/aromatic N) is 3. The third-order valence-electron chi connectivity index (χ3n) is 4.53. The molecule has 0 unspecified atom stereocenters. The summed E-state index contributed by atoms with van der Waals surface area (Å²) in [5.41, 5.74) is 3.02. The average molecular weight is 362 g/mol. The number of rotatable bonds is 3. The number of carbonyl (C=O) groups excluding carboxylic acids is 2. The number of aromatic nitrogens is 2. The largest absolute Gasteiger partial charge is 0.360 e. The van der Waals surface area contributed by atoms with Crippen molar-refractivity contribution in [2.24, 2.45) is 0 Å². The number of pyridine rings is 1. The summed E-state index contributed by atoms with van der Waals surface area (Å²) in [5.74, 6) is 0.344.